The molecule has 0 spiro atoms. The average molecular weight is 220 g/mol. The number of benzene rings is 1. The Hall–Kier alpha value is -1.51. The van der Waals surface area contributed by atoms with E-state index in [2.05, 4.69) is 6.92 Å². The maximum atomic E-state index is 11.9. The highest BCUT2D eigenvalue weighted by atomic mass is 16.2. The van der Waals surface area contributed by atoms with Crippen molar-refractivity contribution in [1.29, 1.82) is 0 Å². The number of carbonyl (C=O) groups is 1. The third-order valence-corrected chi connectivity index (χ3v) is 2.54. The van der Waals surface area contributed by atoms with Gasteiger partial charge in [0.1, 0.15) is 0 Å². The second-order valence-corrected chi connectivity index (χ2v) is 3.84. The number of hydrogen-bond donors (Lipinski definition) is 1. The molecule has 0 aliphatic rings. The minimum Gasteiger partial charge on any atom is -0.399 e. The first-order chi connectivity index (χ1) is 7.69. The minimum atomic E-state index is 0.176. The molecule has 1 amide bonds. The van der Waals surface area contributed by atoms with Crippen molar-refractivity contribution in [2.24, 2.45) is 0 Å². The summed E-state index contributed by atoms with van der Waals surface area (Å²) in [5.74, 6) is 0.176. The lowest BCUT2D eigenvalue weighted by Gasteiger charge is -2.21. The third-order valence-electron chi connectivity index (χ3n) is 2.54. The van der Waals surface area contributed by atoms with E-state index in [4.69, 9.17) is 5.73 Å². The lowest BCUT2D eigenvalue weighted by atomic mass is 10.2. The highest BCUT2D eigenvalue weighted by Gasteiger charge is 2.12. The monoisotopic (exact) mass is 220 g/mol. The molecule has 0 heterocycles. The Bertz CT molecular complexity index is 350. The predicted octanol–water partition coefficient (Wildman–Crippen LogP) is 2.81. The van der Waals surface area contributed by atoms with Crippen molar-refractivity contribution in [3.8, 4) is 0 Å². The van der Waals surface area contributed by atoms with Gasteiger partial charge in [-0.3, -0.25) is 4.79 Å². The predicted molar refractivity (Wildman–Crippen MR) is 68.4 cm³/mol. The van der Waals surface area contributed by atoms with Crippen molar-refractivity contribution in [1.82, 2.24) is 0 Å². The van der Waals surface area contributed by atoms with E-state index in [0.717, 1.165) is 18.5 Å². The molecule has 3 heteroatoms. The van der Waals surface area contributed by atoms with E-state index in [1.165, 1.54) is 0 Å². The normalized spacial score (nSPS) is 10.1. The number of nitrogens with zero attached hydrogens (tertiary/aromatic N) is 1. The van der Waals surface area contributed by atoms with Crippen molar-refractivity contribution in [2.75, 3.05) is 17.2 Å². The lowest BCUT2D eigenvalue weighted by molar-refractivity contribution is -0.118. The summed E-state index contributed by atoms with van der Waals surface area (Å²) < 4.78 is 0. The molecular weight excluding hydrogens is 200 g/mol. The second-order valence-electron chi connectivity index (χ2n) is 3.84. The maximum Gasteiger partial charge on any atom is 0.226 e. The Morgan fingerprint density at radius 1 is 1.38 bits per heavy atom. The highest BCUT2D eigenvalue weighted by Crippen LogP contribution is 2.18. The zero-order chi connectivity index (χ0) is 12.0. The summed E-state index contributed by atoms with van der Waals surface area (Å²) in [5, 5.41) is 0. The Kier molecular flexibility index (Phi) is 4.83. The van der Waals surface area contributed by atoms with Crippen LogP contribution in [-0.4, -0.2) is 12.5 Å². The van der Waals surface area contributed by atoms with Crippen LogP contribution in [0.25, 0.3) is 0 Å². The molecule has 0 aliphatic carbocycles. The first-order valence-electron chi connectivity index (χ1n) is 5.85. The van der Waals surface area contributed by atoms with Gasteiger partial charge >= 0.3 is 0 Å². The van der Waals surface area contributed by atoms with Gasteiger partial charge in [0.05, 0.1) is 0 Å². The molecule has 0 atom stereocenters. The Morgan fingerprint density at radius 3 is 2.69 bits per heavy atom. The van der Waals surface area contributed by atoms with Gasteiger partial charge in [-0.2, -0.15) is 0 Å². The van der Waals surface area contributed by atoms with Crippen LogP contribution >= 0.6 is 0 Å². The van der Waals surface area contributed by atoms with Crippen molar-refractivity contribution < 1.29 is 4.79 Å². The van der Waals surface area contributed by atoms with Gasteiger partial charge in [0.2, 0.25) is 5.91 Å². The molecule has 1 aromatic rings. The molecule has 1 aromatic carbocycles. The maximum absolute atomic E-state index is 11.9. The average Bonchev–Trinajstić information content (AvgIpc) is 2.27. The molecule has 0 aromatic heterocycles. The van der Waals surface area contributed by atoms with Gasteiger partial charge in [0.15, 0.2) is 0 Å². The quantitative estimate of drug-likeness (QED) is 0.775. The Morgan fingerprint density at radius 2 is 2.12 bits per heavy atom. The van der Waals surface area contributed by atoms with Gasteiger partial charge in [-0.05, 0) is 31.5 Å². The van der Waals surface area contributed by atoms with Crippen molar-refractivity contribution in [3.05, 3.63) is 24.3 Å². The SMILES string of the molecule is CCCCC(=O)N(CC)c1cccc(N)c1. The summed E-state index contributed by atoms with van der Waals surface area (Å²) in [4.78, 5) is 13.7. The lowest BCUT2D eigenvalue weighted by Crippen LogP contribution is -2.30. The summed E-state index contributed by atoms with van der Waals surface area (Å²) in [6.45, 7) is 4.75. The van der Waals surface area contributed by atoms with Crippen molar-refractivity contribution in [3.63, 3.8) is 0 Å². The van der Waals surface area contributed by atoms with Gasteiger partial charge in [-0.1, -0.05) is 19.4 Å². The summed E-state index contributed by atoms with van der Waals surface area (Å²) in [7, 11) is 0. The zero-order valence-electron chi connectivity index (χ0n) is 10.1. The fourth-order valence-electron chi connectivity index (χ4n) is 1.66. The summed E-state index contributed by atoms with van der Waals surface area (Å²) >= 11 is 0. The molecule has 0 saturated carbocycles. The van der Waals surface area contributed by atoms with Gasteiger partial charge in [-0.15, -0.1) is 0 Å². The van der Waals surface area contributed by atoms with E-state index >= 15 is 0 Å². The number of nitrogens with two attached hydrogens (primary N) is 1. The second kappa shape index (κ2) is 6.16. The van der Waals surface area contributed by atoms with Crippen LogP contribution in [0.2, 0.25) is 0 Å². The number of nitrogen functional groups attached to an aromatic ring is 1. The number of anilines is 2. The van der Waals surface area contributed by atoms with Crippen molar-refractivity contribution in [2.45, 2.75) is 33.1 Å². The van der Waals surface area contributed by atoms with Gasteiger partial charge in [0.25, 0.3) is 0 Å². The summed E-state index contributed by atoms with van der Waals surface area (Å²) in [6.07, 6.45) is 2.59. The molecule has 0 radical (unpaired) electrons. The standard InChI is InChI=1S/C13H20N2O/c1-3-5-9-13(16)15(4-2)12-8-6-7-11(14)10-12/h6-8,10H,3-5,9,14H2,1-2H3. The van der Waals surface area contributed by atoms with E-state index in [1.54, 1.807) is 4.90 Å². The van der Waals surface area contributed by atoms with Crippen LogP contribution in [0.4, 0.5) is 11.4 Å². The van der Waals surface area contributed by atoms with E-state index < -0.39 is 0 Å². The summed E-state index contributed by atoms with van der Waals surface area (Å²) in [5.41, 5.74) is 7.30. The molecule has 0 fully saturated rings. The smallest absolute Gasteiger partial charge is 0.226 e. The van der Waals surface area contributed by atoms with E-state index in [9.17, 15) is 4.79 Å². The number of rotatable bonds is 5. The molecular formula is C13H20N2O. The minimum absolute atomic E-state index is 0.176. The number of hydrogen-bond acceptors (Lipinski definition) is 2. The molecule has 0 aliphatic heterocycles. The number of unbranched alkanes of at least 4 members (excludes halogenated alkanes) is 1. The first kappa shape index (κ1) is 12.6. The molecule has 88 valence electrons. The molecule has 0 bridgehead atoms. The van der Waals surface area contributed by atoms with Crippen LogP contribution in [0.3, 0.4) is 0 Å². The van der Waals surface area contributed by atoms with Crippen LogP contribution in [0.5, 0.6) is 0 Å². The zero-order valence-corrected chi connectivity index (χ0v) is 10.1. The summed E-state index contributed by atoms with van der Waals surface area (Å²) in [6, 6.07) is 7.46. The topological polar surface area (TPSA) is 46.3 Å². The van der Waals surface area contributed by atoms with Gasteiger partial charge in [0, 0.05) is 24.3 Å². The Balaban J connectivity index is 2.77. The number of carbonyl (C=O) groups excluding carboxylic acids is 1. The third kappa shape index (κ3) is 3.26. The molecule has 1 rings (SSSR count). The van der Waals surface area contributed by atoms with Crippen molar-refractivity contribution >= 4 is 17.3 Å². The Labute approximate surface area is 97.2 Å². The molecule has 16 heavy (non-hydrogen) atoms. The van der Waals surface area contributed by atoms with Crippen LogP contribution in [0.1, 0.15) is 33.1 Å². The largest absolute Gasteiger partial charge is 0.399 e. The van der Waals surface area contributed by atoms with Gasteiger partial charge < -0.3 is 10.6 Å². The van der Waals surface area contributed by atoms with Gasteiger partial charge in [-0.25, -0.2) is 0 Å². The van der Waals surface area contributed by atoms with Crippen LogP contribution in [0, 0.1) is 0 Å². The fraction of sp³-hybridized carbons (Fsp3) is 0.462. The van der Waals surface area contributed by atoms with E-state index in [0.29, 0.717) is 18.7 Å². The molecule has 3 nitrogen and oxygen atoms in total. The molecule has 0 saturated heterocycles. The number of amides is 1. The van der Waals surface area contributed by atoms with Crippen LogP contribution < -0.4 is 10.6 Å². The van der Waals surface area contributed by atoms with E-state index in [-0.39, 0.29) is 5.91 Å². The van der Waals surface area contributed by atoms with Crippen LogP contribution in [0.15, 0.2) is 24.3 Å². The van der Waals surface area contributed by atoms with Crippen LogP contribution in [-0.2, 0) is 4.79 Å². The molecule has 0 unspecified atom stereocenters. The molecule has 2 N–H and O–H groups in total. The van der Waals surface area contributed by atoms with E-state index in [1.807, 2.05) is 31.2 Å². The highest BCUT2D eigenvalue weighted by molar-refractivity contribution is 5.93. The fourth-order valence-corrected chi connectivity index (χ4v) is 1.66. The first-order valence-corrected chi connectivity index (χ1v) is 5.85.